The molecule has 1 aromatic heterocycles. The van der Waals surface area contributed by atoms with Gasteiger partial charge in [0.25, 0.3) is 5.91 Å². The minimum absolute atomic E-state index is 0.147. The van der Waals surface area contributed by atoms with Gasteiger partial charge in [-0.3, -0.25) is 9.78 Å². The zero-order valence-corrected chi connectivity index (χ0v) is 20.2. The van der Waals surface area contributed by atoms with Crippen molar-refractivity contribution >= 4 is 11.9 Å². The highest BCUT2D eigenvalue weighted by Gasteiger charge is 2.38. The smallest absolute Gasteiger partial charge is 0.475 e. The third kappa shape index (κ3) is 8.60. The minimum atomic E-state index is -5.08. The zero-order valence-electron chi connectivity index (χ0n) is 20.2. The van der Waals surface area contributed by atoms with Crippen LogP contribution in [0.5, 0.6) is 11.5 Å². The molecule has 1 aliphatic rings. The number of carboxylic acid groups (broad SMARTS) is 1. The Morgan fingerprint density at radius 2 is 1.65 bits per heavy atom. The Morgan fingerprint density at radius 3 is 2.19 bits per heavy atom. The van der Waals surface area contributed by atoms with Gasteiger partial charge in [-0.25, -0.2) is 4.79 Å². The van der Waals surface area contributed by atoms with E-state index in [2.05, 4.69) is 29.4 Å². The van der Waals surface area contributed by atoms with Crippen molar-refractivity contribution in [3.8, 4) is 11.5 Å². The van der Waals surface area contributed by atoms with Crippen molar-refractivity contribution in [3.63, 3.8) is 0 Å². The van der Waals surface area contributed by atoms with Crippen molar-refractivity contribution in [2.24, 2.45) is 0 Å². The molecule has 0 aliphatic carbocycles. The molecule has 3 aromatic rings. The fourth-order valence-electron chi connectivity index (χ4n) is 3.62. The van der Waals surface area contributed by atoms with Gasteiger partial charge in [-0.2, -0.15) is 13.2 Å². The number of ether oxygens (including phenoxy) is 1. The summed E-state index contributed by atoms with van der Waals surface area (Å²) in [4.78, 5) is 27.3. The molecule has 0 saturated carbocycles. The first-order valence-corrected chi connectivity index (χ1v) is 11.7. The van der Waals surface area contributed by atoms with Gasteiger partial charge in [0.15, 0.2) is 0 Å². The molecule has 1 amide bonds. The third-order valence-corrected chi connectivity index (χ3v) is 5.70. The quantitative estimate of drug-likeness (QED) is 0.426. The number of amides is 1. The fourth-order valence-corrected chi connectivity index (χ4v) is 3.62. The molecule has 1 aliphatic heterocycles. The molecule has 1 saturated heterocycles. The molecule has 4 rings (SSSR count). The normalized spacial score (nSPS) is 13.9. The lowest BCUT2D eigenvalue weighted by molar-refractivity contribution is -0.192. The number of benzene rings is 2. The second kappa shape index (κ2) is 12.9. The number of halogens is 3. The number of hydrogen-bond acceptors (Lipinski definition) is 5. The number of nitrogens with zero attached hydrogens (tertiary/aromatic N) is 2. The number of likely N-dealkylation sites (tertiary alicyclic amines) is 1. The summed E-state index contributed by atoms with van der Waals surface area (Å²) in [6.07, 6.45) is 0.564. The van der Waals surface area contributed by atoms with Gasteiger partial charge < -0.3 is 20.1 Å². The summed E-state index contributed by atoms with van der Waals surface area (Å²) in [5.74, 6) is -1.10. The Morgan fingerprint density at radius 1 is 1.03 bits per heavy atom. The first kappa shape index (κ1) is 27.7. The number of carbonyl (C=O) groups excluding carboxylic acids is 1. The lowest BCUT2D eigenvalue weighted by Gasteiger charge is -2.17. The van der Waals surface area contributed by atoms with Crippen LogP contribution in [0.2, 0.25) is 0 Å². The van der Waals surface area contributed by atoms with E-state index >= 15 is 0 Å². The predicted octanol–water partition coefficient (Wildman–Crippen LogP) is 5.59. The molecule has 37 heavy (non-hydrogen) atoms. The van der Waals surface area contributed by atoms with E-state index < -0.39 is 12.1 Å². The van der Waals surface area contributed by atoms with Crippen LogP contribution < -0.4 is 10.1 Å². The van der Waals surface area contributed by atoms with Gasteiger partial charge in [0, 0.05) is 37.4 Å². The van der Waals surface area contributed by atoms with Crippen molar-refractivity contribution in [2.45, 2.75) is 38.5 Å². The van der Waals surface area contributed by atoms with Crippen molar-refractivity contribution in [1.29, 1.82) is 0 Å². The van der Waals surface area contributed by atoms with E-state index in [1.807, 2.05) is 53.4 Å². The lowest BCUT2D eigenvalue weighted by atomic mass is 10.1. The van der Waals surface area contributed by atoms with Gasteiger partial charge in [-0.05, 0) is 67.3 Å². The minimum Gasteiger partial charge on any atom is -0.475 e. The molecule has 0 radical (unpaired) electrons. The maximum Gasteiger partial charge on any atom is 0.490 e. The standard InChI is InChI=1S/C25H27N3O2.C2HF3O2/c1-19(21-10-12-23(13-11-21)30-24-5-4-14-26-18-24)27-17-20-6-8-22(9-7-20)25(29)28-15-2-3-16-28;3-2(4,5)1(6)7/h4-14,18-19,27H,2-3,15-17H2,1H3;(H,6,7). The van der Waals surface area contributed by atoms with Crippen LogP contribution in [0.15, 0.2) is 73.1 Å². The van der Waals surface area contributed by atoms with Crippen molar-refractivity contribution < 1.29 is 32.6 Å². The average molecular weight is 516 g/mol. The molecule has 1 atom stereocenters. The largest absolute Gasteiger partial charge is 0.490 e. The van der Waals surface area contributed by atoms with Crippen molar-refractivity contribution in [1.82, 2.24) is 15.2 Å². The summed E-state index contributed by atoms with van der Waals surface area (Å²) in [6, 6.07) is 20.0. The number of rotatable bonds is 7. The van der Waals surface area contributed by atoms with E-state index in [-0.39, 0.29) is 11.9 Å². The third-order valence-electron chi connectivity index (χ3n) is 5.70. The summed E-state index contributed by atoms with van der Waals surface area (Å²) in [5, 5.41) is 10.7. The maximum absolute atomic E-state index is 12.4. The Balaban J connectivity index is 0.000000479. The van der Waals surface area contributed by atoms with Crippen molar-refractivity contribution in [2.75, 3.05) is 13.1 Å². The number of aromatic nitrogens is 1. The first-order chi connectivity index (χ1) is 17.6. The zero-order chi connectivity index (χ0) is 26.8. The maximum atomic E-state index is 12.4. The monoisotopic (exact) mass is 515 g/mol. The molecule has 2 N–H and O–H groups in total. The van der Waals surface area contributed by atoms with E-state index in [0.29, 0.717) is 0 Å². The number of carbonyl (C=O) groups is 2. The van der Waals surface area contributed by atoms with E-state index in [9.17, 15) is 18.0 Å². The molecule has 10 heteroatoms. The molecule has 1 fully saturated rings. The first-order valence-electron chi connectivity index (χ1n) is 11.7. The molecular formula is C27H28F3N3O4. The summed E-state index contributed by atoms with van der Waals surface area (Å²) in [7, 11) is 0. The number of carboxylic acids is 1. The number of aliphatic carboxylic acids is 1. The van der Waals surface area contributed by atoms with Crippen LogP contribution in [-0.2, 0) is 11.3 Å². The number of alkyl halides is 3. The van der Waals surface area contributed by atoms with E-state index in [0.717, 1.165) is 55.1 Å². The highest BCUT2D eigenvalue weighted by Crippen LogP contribution is 2.23. The Kier molecular flexibility index (Phi) is 9.62. The van der Waals surface area contributed by atoms with Gasteiger partial charge in [-0.1, -0.05) is 24.3 Å². The molecule has 2 aromatic carbocycles. The van der Waals surface area contributed by atoms with E-state index in [1.54, 1.807) is 12.4 Å². The summed E-state index contributed by atoms with van der Waals surface area (Å²) >= 11 is 0. The van der Waals surface area contributed by atoms with Gasteiger partial charge in [-0.15, -0.1) is 0 Å². The molecule has 2 heterocycles. The topological polar surface area (TPSA) is 91.8 Å². The Bertz CT molecular complexity index is 1150. The van der Waals surface area contributed by atoms with Gasteiger partial charge in [0.05, 0.1) is 6.20 Å². The summed E-state index contributed by atoms with van der Waals surface area (Å²) in [5.41, 5.74) is 3.13. The van der Waals surface area contributed by atoms with Gasteiger partial charge in [0.1, 0.15) is 11.5 Å². The number of pyridine rings is 1. The molecule has 0 bridgehead atoms. The van der Waals surface area contributed by atoms with Crippen LogP contribution in [0.1, 0.15) is 47.3 Å². The SMILES string of the molecule is CC(NCc1ccc(C(=O)N2CCCC2)cc1)c1ccc(Oc2cccnc2)cc1.O=C(O)C(F)(F)F. The highest BCUT2D eigenvalue weighted by atomic mass is 19.4. The highest BCUT2D eigenvalue weighted by molar-refractivity contribution is 5.94. The lowest BCUT2D eigenvalue weighted by Crippen LogP contribution is -2.27. The second-order valence-electron chi connectivity index (χ2n) is 8.46. The van der Waals surface area contributed by atoms with Crippen LogP contribution in [0, 0.1) is 0 Å². The Hall–Kier alpha value is -3.92. The van der Waals surface area contributed by atoms with Crippen molar-refractivity contribution in [3.05, 3.63) is 89.7 Å². The molecule has 196 valence electrons. The van der Waals surface area contributed by atoms with Gasteiger partial charge >= 0.3 is 12.1 Å². The van der Waals surface area contributed by atoms with Gasteiger partial charge in [0.2, 0.25) is 0 Å². The summed E-state index contributed by atoms with van der Waals surface area (Å²) < 4.78 is 37.5. The second-order valence-corrected chi connectivity index (χ2v) is 8.46. The number of nitrogens with one attached hydrogen (secondary N) is 1. The van der Waals surface area contributed by atoms with E-state index in [4.69, 9.17) is 14.6 Å². The molecule has 7 nitrogen and oxygen atoms in total. The summed E-state index contributed by atoms with van der Waals surface area (Å²) in [6.45, 7) is 4.65. The fraction of sp³-hybridized carbons (Fsp3) is 0.296. The molecule has 1 unspecified atom stereocenters. The predicted molar refractivity (Wildman–Crippen MR) is 131 cm³/mol. The van der Waals surface area contributed by atoms with Crippen LogP contribution in [0.25, 0.3) is 0 Å². The van der Waals surface area contributed by atoms with Crippen LogP contribution in [0.3, 0.4) is 0 Å². The van der Waals surface area contributed by atoms with Crippen LogP contribution >= 0.6 is 0 Å². The Labute approximate surface area is 212 Å². The average Bonchev–Trinajstić information content (AvgIpc) is 3.43. The number of hydrogen-bond donors (Lipinski definition) is 2. The van der Waals surface area contributed by atoms with Crippen LogP contribution in [-0.4, -0.2) is 46.1 Å². The van der Waals surface area contributed by atoms with E-state index in [1.165, 1.54) is 5.56 Å². The molecule has 0 spiro atoms. The molecular weight excluding hydrogens is 487 g/mol. The van der Waals surface area contributed by atoms with Crippen LogP contribution in [0.4, 0.5) is 13.2 Å².